The number of nitrogens with one attached hydrogen (secondary N) is 1. The summed E-state index contributed by atoms with van der Waals surface area (Å²) in [6.45, 7) is 2.03. The van der Waals surface area contributed by atoms with Crippen LogP contribution in [0.25, 0.3) is 0 Å². The maximum absolute atomic E-state index is 13.6. The summed E-state index contributed by atoms with van der Waals surface area (Å²) in [5.74, 6) is -1.10. The van der Waals surface area contributed by atoms with Crippen molar-refractivity contribution in [3.8, 4) is 0 Å². The van der Waals surface area contributed by atoms with Crippen LogP contribution < -0.4 is 11.1 Å². The van der Waals surface area contributed by atoms with Crippen LogP contribution in [0, 0.1) is 5.82 Å². The molecule has 0 saturated heterocycles. The molecule has 2 aromatic carbocycles. The van der Waals surface area contributed by atoms with Crippen LogP contribution in [0.4, 0.5) is 15.8 Å². The van der Waals surface area contributed by atoms with Gasteiger partial charge in [-0.15, -0.1) is 0 Å². The highest BCUT2D eigenvalue weighted by Gasteiger charge is 2.12. The number of benzene rings is 2. The summed E-state index contributed by atoms with van der Waals surface area (Å²) in [4.78, 5) is 12.0. The number of anilines is 2. The van der Waals surface area contributed by atoms with Crippen molar-refractivity contribution in [2.45, 2.75) is 13.3 Å². The molecule has 98 valence electrons. The number of hydrogen-bond acceptors (Lipinski definition) is 2. The van der Waals surface area contributed by atoms with Gasteiger partial charge in [-0.2, -0.15) is 0 Å². The van der Waals surface area contributed by atoms with Gasteiger partial charge in [-0.3, -0.25) is 4.79 Å². The van der Waals surface area contributed by atoms with E-state index in [1.54, 1.807) is 6.07 Å². The van der Waals surface area contributed by atoms with Crippen LogP contribution in [-0.2, 0) is 6.42 Å². The molecule has 0 aliphatic heterocycles. The average molecular weight is 258 g/mol. The zero-order chi connectivity index (χ0) is 13.8. The van der Waals surface area contributed by atoms with Gasteiger partial charge in [-0.25, -0.2) is 4.39 Å². The molecule has 4 heteroatoms. The highest BCUT2D eigenvalue weighted by molar-refractivity contribution is 6.04. The van der Waals surface area contributed by atoms with Gasteiger partial charge in [0.05, 0.1) is 5.56 Å². The highest BCUT2D eigenvalue weighted by Crippen LogP contribution is 2.16. The van der Waals surface area contributed by atoms with Gasteiger partial charge in [-0.05, 0) is 42.3 Å². The first kappa shape index (κ1) is 13.1. The Morgan fingerprint density at radius 2 is 2.05 bits per heavy atom. The lowest BCUT2D eigenvalue weighted by molar-refractivity contribution is 0.102. The van der Waals surface area contributed by atoms with Crippen LogP contribution in [0.1, 0.15) is 22.8 Å². The minimum atomic E-state index is -0.621. The van der Waals surface area contributed by atoms with Gasteiger partial charge >= 0.3 is 0 Å². The second-order valence-electron chi connectivity index (χ2n) is 4.25. The van der Waals surface area contributed by atoms with Crippen molar-refractivity contribution in [3.05, 3.63) is 59.4 Å². The number of amides is 1. The molecule has 1 amide bonds. The highest BCUT2D eigenvalue weighted by atomic mass is 19.1. The van der Waals surface area contributed by atoms with Gasteiger partial charge < -0.3 is 11.1 Å². The summed E-state index contributed by atoms with van der Waals surface area (Å²) in [6, 6.07) is 11.5. The largest absolute Gasteiger partial charge is 0.399 e. The molecule has 0 atom stereocenters. The molecule has 0 aliphatic rings. The van der Waals surface area contributed by atoms with Gasteiger partial charge in [0.15, 0.2) is 0 Å². The second kappa shape index (κ2) is 5.52. The maximum atomic E-state index is 13.6. The van der Waals surface area contributed by atoms with Crippen molar-refractivity contribution in [1.82, 2.24) is 0 Å². The fourth-order valence-corrected chi connectivity index (χ4v) is 1.78. The van der Waals surface area contributed by atoms with E-state index in [1.807, 2.05) is 25.1 Å². The van der Waals surface area contributed by atoms with Crippen molar-refractivity contribution in [2.24, 2.45) is 0 Å². The smallest absolute Gasteiger partial charge is 0.258 e. The van der Waals surface area contributed by atoms with Crippen LogP contribution in [0.15, 0.2) is 42.5 Å². The van der Waals surface area contributed by atoms with Crippen molar-refractivity contribution in [2.75, 3.05) is 11.1 Å². The number of halogens is 1. The molecular weight excluding hydrogens is 243 g/mol. The summed E-state index contributed by atoms with van der Waals surface area (Å²) in [5.41, 5.74) is 7.48. The quantitative estimate of drug-likeness (QED) is 0.830. The Bertz CT molecular complexity index is 611. The topological polar surface area (TPSA) is 55.1 Å². The van der Waals surface area contributed by atoms with Gasteiger partial charge in [0.25, 0.3) is 5.91 Å². The third kappa shape index (κ3) is 3.10. The maximum Gasteiger partial charge on any atom is 0.258 e. The van der Waals surface area contributed by atoms with E-state index in [2.05, 4.69) is 5.32 Å². The number of carbonyl (C=O) groups excluding carboxylic acids is 1. The number of carbonyl (C=O) groups is 1. The van der Waals surface area contributed by atoms with E-state index in [9.17, 15) is 9.18 Å². The standard InChI is InChI=1S/C15H15FN2O/c1-2-10-4-3-5-12(8-10)18-15(19)13-7-6-11(17)9-14(13)16/h3-9H,2,17H2,1H3,(H,18,19). The molecule has 0 bridgehead atoms. The fraction of sp³-hybridized carbons (Fsp3) is 0.133. The molecule has 3 nitrogen and oxygen atoms in total. The molecule has 3 N–H and O–H groups in total. The van der Waals surface area contributed by atoms with Gasteiger partial charge in [0.1, 0.15) is 5.82 Å². The van der Waals surface area contributed by atoms with Gasteiger partial charge in [0, 0.05) is 11.4 Å². The van der Waals surface area contributed by atoms with E-state index in [1.165, 1.54) is 12.1 Å². The minimum Gasteiger partial charge on any atom is -0.399 e. The lowest BCUT2D eigenvalue weighted by Crippen LogP contribution is -2.14. The van der Waals surface area contributed by atoms with Crippen LogP contribution in [0.3, 0.4) is 0 Å². The molecule has 0 spiro atoms. The van der Waals surface area contributed by atoms with E-state index in [-0.39, 0.29) is 5.56 Å². The van der Waals surface area contributed by atoms with Crippen LogP contribution in [0.5, 0.6) is 0 Å². The van der Waals surface area contributed by atoms with E-state index in [4.69, 9.17) is 5.73 Å². The summed E-state index contributed by atoms with van der Waals surface area (Å²) in [6.07, 6.45) is 0.875. The molecule has 2 aromatic rings. The number of nitrogen functional groups attached to an aromatic ring is 1. The molecule has 0 saturated carbocycles. The first-order valence-corrected chi connectivity index (χ1v) is 6.05. The lowest BCUT2D eigenvalue weighted by atomic mass is 10.1. The number of aryl methyl sites for hydroxylation is 1. The Hall–Kier alpha value is -2.36. The lowest BCUT2D eigenvalue weighted by Gasteiger charge is -2.07. The molecule has 0 heterocycles. The van der Waals surface area contributed by atoms with E-state index in [0.717, 1.165) is 18.1 Å². The van der Waals surface area contributed by atoms with E-state index >= 15 is 0 Å². The predicted molar refractivity (Wildman–Crippen MR) is 74.6 cm³/mol. The Morgan fingerprint density at radius 1 is 1.26 bits per heavy atom. The van der Waals surface area contributed by atoms with Gasteiger partial charge in [0.2, 0.25) is 0 Å². The fourth-order valence-electron chi connectivity index (χ4n) is 1.78. The first-order chi connectivity index (χ1) is 9.10. The third-order valence-electron chi connectivity index (χ3n) is 2.83. The number of hydrogen-bond donors (Lipinski definition) is 2. The third-order valence-corrected chi connectivity index (χ3v) is 2.83. The Morgan fingerprint density at radius 3 is 2.74 bits per heavy atom. The molecule has 0 unspecified atom stereocenters. The predicted octanol–water partition coefficient (Wildman–Crippen LogP) is 3.22. The minimum absolute atomic E-state index is 0.0175. The molecule has 0 aliphatic carbocycles. The Kier molecular flexibility index (Phi) is 3.80. The average Bonchev–Trinajstić information content (AvgIpc) is 2.38. The molecule has 2 rings (SSSR count). The number of nitrogens with two attached hydrogens (primary N) is 1. The van der Waals surface area contributed by atoms with Crippen LogP contribution >= 0.6 is 0 Å². The summed E-state index contributed by atoms with van der Waals surface area (Å²) < 4.78 is 13.6. The zero-order valence-electron chi connectivity index (χ0n) is 10.6. The summed E-state index contributed by atoms with van der Waals surface area (Å²) >= 11 is 0. The molecule has 0 aromatic heterocycles. The van der Waals surface area contributed by atoms with E-state index in [0.29, 0.717) is 11.4 Å². The SMILES string of the molecule is CCc1cccc(NC(=O)c2ccc(N)cc2F)c1. The molecule has 0 fully saturated rings. The second-order valence-corrected chi connectivity index (χ2v) is 4.25. The normalized spacial score (nSPS) is 10.2. The zero-order valence-corrected chi connectivity index (χ0v) is 10.6. The summed E-state index contributed by atoms with van der Waals surface area (Å²) in [7, 11) is 0. The first-order valence-electron chi connectivity index (χ1n) is 6.05. The monoisotopic (exact) mass is 258 g/mol. The van der Waals surface area contributed by atoms with Gasteiger partial charge in [-0.1, -0.05) is 19.1 Å². The van der Waals surface area contributed by atoms with Crippen LogP contribution in [-0.4, -0.2) is 5.91 Å². The summed E-state index contributed by atoms with van der Waals surface area (Å²) in [5, 5.41) is 2.67. The Labute approximate surface area is 111 Å². The molecule has 0 radical (unpaired) electrons. The van der Waals surface area contributed by atoms with Crippen molar-refractivity contribution in [1.29, 1.82) is 0 Å². The van der Waals surface area contributed by atoms with E-state index < -0.39 is 11.7 Å². The molecule has 19 heavy (non-hydrogen) atoms. The van der Waals surface area contributed by atoms with Crippen molar-refractivity contribution in [3.63, 3.8) is 0 Å². The Balaban J connectivity index is 2.20. The molecular formula is C15H15FN2O. The van der Waals surface area contributed by atoms with Crippen LogP contribution in [0.2, 0.25) is 0 Å². The van der Waals surface area contributed by atoms with Crippen molar-refractivity contribution < 1.29 is 9.18 Å². The van der Waals surface area contributed by atoms with Crippen molar-refractivity contribution >= 4 is 17.3 Å². The number of rotatable bonds is 3.